The Kier molecular flexibility index (Phi) is 3.23. The molecule has 1 unspecified atom stereocenters. The minimum atomic E-state index is 0.815. The molecule has 1 aliphatic heterocycles. The van der Waals surface area contributed by atoms with Crippen molar-refractivity contribution in [3.8, 4) is 0 Å². The molecule has 2 heteroatoms. The molecule has 76 valence electrons. The molecule has 2 rings (SSSR count). The molecule has 1 heterocycles. The average molecular weight is 182 g/mol. The van der Waals surface area contributed by atoms with Gasteiger partial charge < -0.3 is 10.2 Å². The second-order valence-corrected chi connectivity index (χ2v) is 4.73. The van der Waals surface area contributed by atoms with E-state index in [-0.39, 0.29) is 0 Å². The summed E-state index contributed by atoms with van der Waals surface area (Å²) in [4.78, 5) is 2.46. The lowest BCUT2D eigenvalue weighted by Gasteiger charge is -2.31. The molecule has 0 aromatic rings. The van der Waals surface area contributed by atoms with Crippen LogP contribution in [0.5, 0.6) is 0 Å². The van der Waals surface area contributed by atoms with E-state index in [1.165, 1.54) is 51.6 Å². The van der Waals surface area contributed by atoms with E-state index in [1.54, 1.807) is 0 Å². The van der Waals surface area contributed by atoms with Crippen molar-refractivity contribution in [1.29, 1.82) is 0 Å². The summed E-state index contributed by atoms with van der Waals surface area (Å²) in [6, 6.07) is 1.68. The predicted octanol–water partition coefficient (Wildman–Crippen LogP) is 1.61. The zero-order chi connectivity index (χ0) is 9.10. The van der Waals surface area contributed by atoms with Crippen LogP contribution < -0.4 is 5.32 Å². The van der Waals surface area contributed by atoms with Crippen molar-refractivity contribution in [1.82, 2.24) is 10.2 Å². The third-order valence-corrected chi connectivity index (χ3v) is 3.53. The topological polar surface area (TPSA) is 15.3 Å². The van der Waals surface area contributed by atoms with Crippen molar-refractivity contribution in [3.63, 3.8) is 0 Å². The van der Waals surface area contributed by atoms with E-state index < -0.39 is 0 Å². The molecule has 1 aliphatic carbocycles. The first-order valence-electron chi connectivity index (χ1n) is 5.79. The number of nitrogens with one attached hydrogen (secondary N) is 1. The molecule has 2 nitrogen and oxygen atoms in total. The summed E-state index contributed by atoms with van der Waals surface area (Å²) in [6.07, 6.45) is 8.41. The highest BCUT2D eigenvalue weighted by molar-refractivity contribution is 4.82. The predicted molar refractivity (Wildman–Crippen MR) is 55.9 cm³/mol. The Morgan fingerprint density at radius 2 is 1.62 bits per heavy atom. The van der Waals surface area contributed by atoms with Crippen molar-refractivity contribution < 1.29 is 0 Å². The van der Waals surface area contributed by atoms with E-state index in [1.807, 2.05) is 0 Å². The Balaban J connectivity index is 1.71. The van der Waals surface area contributed by atoms with Gasteiger partial charge in [0, 0.05) is 12.1 Å². The number of hydrogen-bond acceptors (Lipinski definition) is 2. The highest BCUT2D eigenvalue weighted by atomic mass is 15.1. The average Bonchev–Trinajstić information content (AvgIpc) is 2.23. The Morgan fingerprint density at radius 3 is 2.31 bits per heavy atom. The van der Waals surface area contributed by atoms with E-state index in [4.69, 9.17) is 0 Å². The molecular weight excluding hydrogens is 160 g/mol. The van der Waals surface area contributed by atoms with Crippen molar-refractivity contribution in [3.05, 3.63) is 0 Å². The van der Waals surface area contributed by atoms with E-state index in [0.29, 0.717) is 0 Å². The molecule has 13 heavy (non-hydrogen) atoms. The molecule has 0 aromatic heterocycles. The first kappa shape index (κ1) is 9.47. The SMILES string of the molecule is CN1CCCC(NC2CCC2)CC1. The summed E-state index contributed by atoms with van der Waals surface area (Å²) in [7, 11) is 2.24. The van der Waals surface area contributed by atoms with Crippen LogP contribution in [0.2, 0.25) is 0 Å². The fraction of sp³-hybridized carbons (Fsp3) is 1.00. The Morgan fingerprint density at radius 1 is 0.923 bits per heavy atom. The van der Waals surface area contributed by atoms with Crippen LogP contribution >= 0.6 is 0 Å². The van der Waals surface area contributed by atoms with Crippen molar-refractivity contribution in [2.45, 2.75) is 50.6 Å². The number of rotatable bonds is 2. The molecule has 1 atom stereocenters. The molecular formula is C11H22N2. The Hall–Kier alpha value is -0.0800. The second-order valence-electron chi connectivity index (χ2n) is 4.73. The molecule has 1 saturated heterocycles. The molecule has 1 saturated carbocycles. The van der Waals surface area contributed by atoms with Gasteiger partial charge in [-0.3, -0.25) is 0 Å². The first-order chi connectivity index (χ1) is 6.34. The third kappa shape index (κ3) is 2.68. The number of nitrogens with zero attached hydrogens (tertiary/aromatic N) is 1. The van der Waals surface area contributed by atoms with Gasteiger partial charge in [-0.2, -0.15) is 0 Å². The molecule has 0 radical (unpaired) electrons. The van der Waals surface area contributed by atoms with Gasteiger partial charge in [0.1, 0.15) is 0 Å². The number of likely N-dealkylation sites (tertiary alicyclic amines) is 1. The summed E-state index contributed by atoms with van der Waals surface area (Å²) in [5.41, 5.74) is 0. The van der Waals surface area contributed by atoms with E-state index in [0.717, 1.165) is 12.1 Å². The van der Waals surface area contributed by atoms with Crippen LogP contribution in [0.4, 0.5) is 0 Å². The van der Waals surface area contributed by atoms with Crippen molar-refractivity contribution >= 4 is 0 Å². The van der Waals surface area contributed by atoms with Gasteiger partial charge in [-0.1, -0.05) is 6.42 Å². The third-order valence-electron chi connectivity index (χ3n) is 3.53. The molecule has 2 fully saturated rings. The van der Waals surface area contributed by atoms with Crippen LogP contribution in [0.15, 0.2) is 0 Å². The highest BCUT2D eigenvalue weighted by Crippen LogP contribution is 2.20. The molecule has 0 amide bonds. The normalized spacial score (nSPS) is 32.5. The monoisotopic (exact) mass is 182 g/mol. The van der Waals surface area contributed by atoms with Crippen LogP contribution in [-0.4, -0.2) is 37.1 Å². The minimum Gasteiger partial charge on any atom is -0.311 e. The Labute approximate surface area is 81.7 Å². The summed E-state index contributed by atoms with van der Waals surface area (Å²) in [5.74, 6) is 0. The zero-order valence-corrected chi connectivity index (χ0v) is 8.76. The smallest absolute Gasteiger partial charge is 0.00823 e. The summed E-state index contributed by atoms with van der Waals surface area (Å²) in [6.45, 7) is 2.58. The Bertz CT molecular complexity index is 154. The van der Waals surface area contributed by atoms with Crippen LogP contribution in [0.1, 0.15) is 38.5 Å². The molecule has 0 bridgehead atoms. The summed E-state index contributed by atoms with van der Waals surface area (Å²) in [5, 5.41) is 3.79. The van der Waals surface area contributed by atoms with Crippen LogP contribution in [-0.2, 0) is 0 Å². The molecule has 0 aromatic carbocycles. The van der Waals surface area contributed by atoms with Crippen LogP contribution in [0.3, 0.4) is 0 Å². The van der Waals surface area contributed by atoms with Gasteiger partial charge in [-0.05, 0) is 52.2 Å². The lowest BCUT2D eigenvalue weighted by atomic mass is 9.91. The van der Waals surface area contributed by atoms with Gasteiger partial charge in [-0.15, -0.1) is 0 Å². The van der Waals surface area contributed by atoms with Crippen LogP contribution in [0, 0.1) is 0 Å². The zero-order valence-electron chi connectivity index (χ0n) is 8.76. The maximum absolute atomic E-state index is 3.79. The maximum Gasteiger partial charge on any atom is 0.00823 e. The lowest BCUT2D eigenvalue weighted by Crippen LogP contribution is -2.42. The molecule has 2 aliphatic rings. The molecule has 0 spiro atoms. The minimum absolute atomic E-state index is 0.815. The van der Waals surface area contributed by atoms with Crippen LogP contribution in [0.25, 0.3) is 0 Å². The lowest BCUT2D eigenvalue weighted by molar-refractivity contribution is 0.286. The fourth-order valence-corrected chi connectivity index (χ4v) is 2.31. The van der Waals surface area contributed by atoms with Gasteiger partial charge >= 0.3 is 0 Å². The fourth-order valence-electron chi connectivity index (χ4n) is 2.31. The van der Waals surface area contributed by atoms with E-state index in [2.05, 4.69) is 17.3 Å². The van der Waals surface area contributed by atoms with Gasteiger partial charge in [0.15, 0.2) is 0 Å². The van der Waals surface area contributed by atoms with Crippen molar-refractivity contribution in [2.75, 3.05) is 20.1 Å². The highest BCUT2D eigenvalue weighted by Gasteiger charge is 2.22. The summed E-state index contributed by atoms with van der Waals surface area (Å²) >= 11 is 0. The van der Waals surface area contributed by atoms with Crippen molar-refractivity contribution in [2.24, 2.45) is 0 Å². The second kappa shape index (κ2) is 4.43. The van der Waals surface area contributed by atoms with E-state index >= 15 is 0 Å². The summed E-state index contributed by atoms with van der Waals surface area (Å²) < 4.78 is 0. The van der Waals surface area contributed by atoms with Gasteiger partial charge in [0.05, 0.1) is 0 Å². The number of hydrogen-bond donors (Lipinski definition) is 1. The van der Waals surface area contributed by atoms with Gasteiger partial charge in [0.2, 0.25) is 0 Å². The van der Waals surface area contributed by atoms with Gasteiger partial charge in [0.25, 0.3) is 0 Å². The standard InChI is InChI=1S/C11H22N2/c1-13-8-3-6-11(7-9-13)12-10-4-2-5-10/h10-12H,2-9H2,1H3. The molecule has 1 N–H and O–H groups in total. The van der Waals surface area contributed by atoms with E-state index in [9.17, 15) is 0 Å². The first-order valence-corrected chi connectivity index (χ1v) is 5.79. The largest absolute Gasteiger partial charge is 0.311 e. The maximum atomic E-state index is 3.79. The quantitative estimate of drug-likeness (QED) is 0.698. The van der Waals surface area contributed by atoms with Gasteiger partial charge in [-0.25, -0.2) is 0 Å².